The fraction of sp³-hybridized carbons (Fsp3) is 0.294. The normalized spacial score (nSPS) is 15.0. The van der Waals surface area contributed by atoms with Gasteiger partial charge in [0.05, 0.1) is 19.1 Å². The van der Waals surface area contributed by atoms with E-state index in [9.17, 15) is 4.39 Å². The predicted octanol–water partition coefficient (Wildman–Crippen LogP) is 4.49. The molecule has 1 atom stereocenters. The molecule has 0 aliphatic carbocycles. The van der Waals surface area contributed by atoms with Crippen LogP contribution in [-0.2, 0) is 6.42 Å². The summed E-state index contributed by atoms with van der Waals surface area (Å²) in [5, 5.41) is -0.391. The molecule has 0 saturated heterocycles. The molecular weight excluding hydrogens is 291 g/mol. The summed E-state index contributed by atoms with van der Waals surface area (Å²) in [6.45, 7) is 0.764. The second-order valence-electron chi connectivity index (χ2n) is 5.08. The van der Waals surface area contributed by atoms with Gasteiger partial charge in [-0.2, -0.15) is 0 Å². The van der Waals surface area contributed by atoms with Crippen molar-refractivity contribution in [3.05, 3.63) is 58.9 Å². The fourth-order valence-electron chi connectivity index (χ4n) is 2.57. The lowest BCUT2D eigenvalue weighted by molar-refractivity contribution is 0.288. The van der Waals surface area contributed by atoms with E-state index in [0.717, 1.165) is 30.8 Å². The van der Waals surface area contributed by atoms with Crippen LogP contribution < -0.4 is 9.47 Å². The molecule has 1 aliphatic heterocycles. The maximum atomic E-state index is 13.8. The largest absolute Gasteiger partial charge is 0.494 e. The van der Waals surface area contributed by atoms with Gasteiger partial charge in [-0.1, -0.05) is 18.2 Å². The molecule has 3 rings (SSSR count). The van der Waals surface area contributed by atoms with E-state index in [1.807, 2.05) is 18.2 Å². The minimum Gasteiger partial charge on any atom is -0.494 e. The zero-order valence-electron chi connectivity index (χ0n) is 11.7. The maximum absolute atomic E-state index is 13.8. The van der Waals surface area contributed by atoms with E-state index >= 15 is 0 Å². The van der Waals surface area contributed by atoms with E-state index in [0.29, 0.717) is 5.56 Å². The molecule has 0 fully saturated rings. The number of fused-ring (bicyclic) bond motifs is 1. The number of ether oxygens (including phenoxy) is 2. The van der Waals surface area contributed by atoms with Crippen LogP contribution in [0.1, 0.15) is 28.5 Å². The van der Waals surface area contributed by atoms with Crippen molar-refractivity contribution in [1.82, 2.24) is 0 Å². The first kappa shape index (κ1) is 14.2. The van der Waals surface area contributed by atoms with Crippen LogP contribution in [0.15, 0.2) is 36.4 Å². The van der Waals surface area contributed by atoms with Gasteiger partial charge in [0, 0.05) is 0 Å². The highest BCUT2D eigenvalue weighted by Crippen LogP contribution is 2.35. The van der Waals surface area contributed by atoms with E-state index in [1.165, 1.54) is 18.7 Å². The average molecular weight is 307 g/mol. The first-order chi connectivity index (χ1) is 10.2. The van der Waals surface area contributed by atoms with Gasteiger partial charge >= 0.3 is 0 Å². The molecule has 0 N–H and O–H groups in total. The number of rotatable bonds is 3. The zero-order chi connectivity index (χ0) is 14.8. The Hall–Kier alpha value is -1.74. The molecule has 0 bridgehead atoms. The molecule has 0 spiro atoms. The molecule has 1 unspecified atom stereocenters. The van der Waals surface area contributed by atoms with Gasteiger partial charge in [0.2, 0.25) is 0 Å². The van der Waals surface area contributed by atoms with Crippen LogP contribution in [0.4, 0.5) is 4.39 Å². The summed E-state index contributed by atoms with van der Waals surface area (Å²) in [6, 6.07) is 10.7. The summed E-state index contributed by atoms with van der Waals surface area (Å²) < 4.78 is 24.3. The van der Waals surface area contributed by atoms with Crippen LogP contribution >= 0.6 is 11.6 Å². The van der Waals surface area contributed by atoms with Gasteiger partial charge < -0.3 is 9.47 Å². The molecule has 110 valence electrons. The topological polar surface area (TPSA) is 18.5 Å². The lowest BCUT2D eigenvalue weighted by Gasteiger charge is -2.19. The highest BCUT2D eigenvalue weighted by molar-refractivity contribution is 6.22. The van der Waals surface area contributed by atoms with Crippen LogP contribution in [0.2, 0.25) is 0 Å². The lowest BCUT2D eigenvalue weighted by atomic mass is 9.98. The highest BCUT2D eigenvalue weighted by Gasteiger charge is 2.17. The SMILES string of the molecule is COc1ccc(C(Cl)c2ccc3c(c2)CCCO3)cc1F. The maximum Gasteiger partial charge on any atom is 0.165 e. The molecule has 4 heteroatoms. The third-order valence-electron chi connectivity index (χ3n) is 3.69. The molecule has 2 nitrogen and oxygen atoms in total. The van der Waals surface area contributed by atoms with Crippen molar-refractivity contribution in [2.45, 2.75) is 18.2 Å². The van der Waals surface area contributed by atoms with Gasteiger partial charge in [-0.3, -0.25) is 0 Å². The Kier molecular flexibility index (Phi) is 4.02. The molecule has 1 heterocycles. The average Bonchev–Trinajstić information content (AvgIpc) is 2.53. The number of aryl methyl sites for hydroxylation is 1. The lowest BCUT2D eigenvalue weighted by Crippen LogP contribution is -2.09. The first-order valence-corrected chi connectivity index (χ1v) is 7.36. The fourth-order valence-corrected chi connectivity index (χ4v) is 2.84. The van der Waals surface area contributed by atoms with Crippen molar-refractivity contribution in [3.8, 4) is 11.5 Å². The number of alkyl halides is 1. The highest BCUT2D eigenvalue weighted by atomic mass is 35.5. The Morgan fingerprint density at radius 3 is 2.71 bits per heavy atom. The molecular formula is C17H16ClFO2. The van der Waals surface area contributed by atoms with Gasteiger partial charge in [0.25, 0.3) is 0 Å². The Balaban J connectivity index is 1.91. The van der Waals surface area contributed by atoms with E-state index in [4.69, 9.17) is 21.1 Å². The Labute approximate surface area is 128 Å². The smallest absolute Gasteiger partial charge is 0.165 e. The van der Waals surface area contributed by atoms with Gasteiger partial charge in [0.1, 0.15) is 5.75 Å². The van der Waals surface area contributed by atoms with Crippen molar-refractivity contribution in [3.63, 3.8) is 0 Å². The van der Waals surface area contributed by atoms with Crippen molar-refractivity contribution >= 4 is 11.6 Å². The van der Waals surface area contributed by atoms with E-state index < -0.39 is 11.2 Å². The molecule has 0 radical (unpaired) electrons. The van der Waals surface area contributed by atoms with Crippen LogP contribution in [-0.4, -0.2) is 13.7 Å². The molecule has 0 saturated carbocycles. The van der Waals surface area contributed by atoms with Gasteiger partial charge in [-0.25, -0.2) is 4.39 Å². The van der Waals surface area contributed by atoms with Crippen molar-refractivity contribution in [2.24, 2.45) is 0 Å². The van der Waals surface area contributed by atoms with Crippen LogP contribution in [0, 0.1) is 5.82 Å². The minimum absolute atomic E-state index is 0.224. The standard InChI is InChI=1S/C17H16ClFO2/c1-20-16-7-5-13(10-14(16)19)17(18)12-4-6-15-11(9-12)3-2-8-21-15/h4-7,9-10,17H,2-3,8H2,1H3. The Morgan fingerprint density at radius 2 is 1.95 bits per heavy atom. The van der Waals surface area contributed by atoms with E-state index in [2.05, 4.69) is 0 Å². The van der Waals surface area contributed by atoms with E-state index in [1.54, 1.807) is 12.1 Å². The Bertz CT molecular complexity index is 657. The summed E-state index contributed by atoms with van der Waals surface area (Å²) in [5.74, 6) is 0.748. The van der Waals surface area contributed by atoms with Gasteiger partial charge in [-0.15, -0.1) is 11.6 Å². The number of methoxy groups -OCH3 is 1. The van der Waals surface area contributed by atoms with Crippen LogP contribution in [0.25, 0.3) is 0 Å². The monoisotopic (exact) mass is 306 g/mol. The van der Waals surface area contributed by atoms with Crippen LogP contribution in [0.5, 0.6) is 11.5 Å². The summed E-state index contributed by atoms with van der Waals surface area (Å²) >= 11 is 6.49. The summed E-state index contributed by atoms with van der Waals surface area (Å²) in [4.78, 5) is 0. The third kappa shape index (κ3) is 2.84. The third-order valence-corrected chi connectivity index (χ3v) is 4.20. The summed E-state index contributed by atoms with van der Waals surface area (Å²) in [7, 11) is 1.44. The first-order valence-electron chi connectivity index (χ1n) is 6.92. The summed E-state index contributed by atoms with van der Waals surface area (Å²) in [6.07, 6.45) is 2.00. The molecule has 1 aliphatic rings. The second-order valence-corrected chi connectivity index (χ2v) is 5.51. The number of halogens is 2. The molecule has 2 aromatic carbocycles. The summed E-state index contributed by atoms with van der Waals surface area (Å²) in [5.41, 5.74) is 2.83. The van der Waals surface area contributed by atoms with Gasteiger partial charge in [-0.05, 0) is 47.7 Å². The number of hydrogen-bond donors (Lipinski definition) is 0. The molecule has 0 aromatic heterocycles. The minimum atomic E-state index is -0.401. The predicted molar refractivity (Wildman–Crippen MR) is 80.9 cm³/mol. The molecule has 2 aromatic rings. The van der Waals surface area contributed by atoms with Crippen molar-refractivity contribution in [2.75, 3.05) is 13.7 Å². The molecule has 21 heavy (non-hydrogen) atoms. The van der Waals surface area contributed by atoms with Crippen molar-refractivity contribution in [1.29, 1.82) is 0 Å². The second kappa shape index (κ2) is 5.94. The zero-order valence-corrected chi connectivity index (χ0v) is 12.5. The number of benzene rings is 2. The van der Waals surface area contributed by atoms with Crippen molar-refractivity contribution < 1.29 is 13.9 Å². The Morgan fingerprint density at radius 1 is 1.19 bits per heavy atom. The quantitative estimate of drug-likeness (QED) is 0.778. The molecule has 0 amide bonds. The van der Waals surface area contributed by atoms with E-state index in [-0.39, 0.29) is 5.75 Å². The van der Waals surface area contributed by atoms with Gasteiger partial charge in [0.15, 0.2) is 11.6 Å². The van der Waals surface area contributed by atoms with Crippen LogP contribution in [0.3, 0.4) is 0 Å². The number of hydrogen-bond acceptors (Lipinski definition) is 2.